The Balaban J connectivity index is 1.55. The van der Waals surface area contributed by atoms with Gasteiger partial charge in [-0.2, -0.15) is 13.2 Å². The van der Waals surface area contributed by atoms with Gasteiger partial charge < -0.3 is 15.0 Å². The normalized spacial score (nSPS) is 13.8. The van der Waals surface area contributed by atoms with E-state index in [1.165, 1.54) is 13.0 Å². The van der Waals surface area contributed by atoms with Gasteiger partial charge >= 0.3 is 6.18 Å². The summed E-state index contributed by atoms with van der Waals surface area (Å²) in [5.41, 5.74) is 1.48. The highest BCUT2D eigenvalue weighted by atomic mass is 19.4. The summed E-state index contributed by atoms with van der Waals surface area (Å²) < 4.78 is 44.0. The second-order valence-corrected chi connectivity index (χ2v) is 7.21. The van der Waals surface area contributed by atoms with Crippen molar-refractivity contribution in [1.29, 1.82) is 0 Å². The molecule has 1 aliphatic rings. The molecule has 3 rings (SSSR count). The van der Waals surface area contributed by atoms with Crippen molar-refractivity contribution in [3.63, 3.8) is 0 Å². The molecule has 0 saturated heterocycles. The molecule has 0 radical (unpaired) electrons. The summed E-state index contributed by atoms with van der Waals surface area (Å²) in [6.07, 6.45) is -3.73. The van der Waals surface area contributed by atoms with E-state index in [9.17, 15) is 22.8 Å². The van der Waals surface area contributed by atoms with Crippen molar-refractivity contribution in [2.45, 2.75) is 39.0 Å². The van der Waals surface area contributed by atoms with E-state index in [0.717, 1.165) is 29.0 Å². The number of hydrogen-bond acceptors (Lipinski definition) is 3. The van der Waals surface area contributed by atoms with Crippen LogP contribution in [0.4, 0.5) is 13.2 Å². The first-order valence-electron chi connectivity index (χ1n) is 9.65. The van der Waals surface area contributed by atoms with Gasteiger partial charge in [-0.3, -0.25) is 9.59 Å². The van der Waals surface area contributed by atoms with E-state index in [0.29, 0.717) is 31.7 Å². The lowest BCUT2D eigenvalue weighted by atomic mass is 10.0. The number of alkyl halides is 3. The highest BCUT2D eigenvalue weighted by molar-refractivity contribution is 5.76. The number of nitrogens with zero attached hydrogens (tertiary/aromatic N) is 1. The van der Waals surface area contributed by atoms with E-state index in [-0.39, 0.29) is 24.8 Å². The number of aryl methyl sites for hydroxylation is 1. The number of ether oxygens (including phenoxy) is 1. The van der Waals surface area contributed by atoms with Gasteiger partial charge in [-0.1, -0.05) is 24.3 Å². The van der Waals surface area contributed by atoms with Crippen molar-refractivity contribution in [2.75, 3.05) is 13.2 Å². The van der Waals surface area contributed by atoms with Crippen LogP contribution in [-0.2, 0) is 35.3 Å². The summed E-state index contributed by atoms with van der Waals surface area (Å²) in [5.74, 6) is 0.464. The van der Waals surface area contributed by atoms with E-state index in [1.54, 1.807) is 11.0 Å². The summed E-state index contributed by atoms with van der Waals surface area (Å²) in [6, 6.07) is 10.6. The number of benzene rings is 2. The van der Waals surface area contributed by atoms with Gasteiger partial charge in [-0.15, -0.1) is 0 Å². The van der Waals surface area contributed by atoms with Crippen molar-refractivity contribution in [3.05, 3.63) is 64.7 Å². The lowest BCUT2D eigenvalue weighted by molar-refractivity contribution is -0.137. The molecule has 0 aromatic heterocycles. The van der Waals surface area contributed by atoms with E-state index in [2.05, 4.69) is 5.32 Å². The molecule has 1 aliphatic heterocycles. The summed E-state index contributed by atoms with van der Waals surface area (Å²) in [6.45, 7) is 2.97. The maximum absolute atomic E-state index is 12.8. The van der Waals surface area contributed by atoms with Crippen LogP contribution in [-0.4, -0.2) is 29.9 Å². The lowest BCUT2D eigenvalue weighted by Crippen LogP contribution is -2.30. The molecule has 0 unspecified atom stereocenters. The molecule has 2 aromatic carbocycles. The minimum Gasteiger partial charge on any atom is -0.491 e. The monoisotopic (exact) mass is 420 g/mol. The average Bonchev–Trinajstić information content (AvgIpc) is 2.92. The second kappa shape index (κ2) is 9.19. The van der Waals surface area contributed by atoms with Gasteiger partial charge in [0.1, 0.15) is 12.4 Å². The SMILES string of the molecule is CC(=O)N1CCOc2ccc(CCC(=O)NCc3cccc(C(F)(F)F)c3)cc2C1. The zero-order valence-corrected chi connectivity index (χ0v) is 16.6. The molecular formula is C22H23F3N2O3. The lowest BCUT2D eigenvalue weighted by Gasteiger charge is -2.17. The fourth-order valence-electron chi connectivity index (χ4n) is 3.28. The fraction of sp³-hybridized carbons (Fsp3) is 0.364. The third-order valence-electron chi connectivity index (χ3n) is 4.93. The number of carbonyl (C=O) groups excluding carboxylic acids is 2. The zero-order chi connectivity index (χ0) is 21.7. The van der Waals surface area contributed by atoms with Crippen molar-refractivity contribution in [2.24, 2.45) is 0 Å². The highest BCUT2D eigenvalue weighted by Crippen LogP contribution is 2.29. The summed E-state index contributed by atoms with van der Waals surface area (Å²) in [5, 5.41) is 2.66. The number of hydrogen-bond donors (Lipinski definition) is 1. The summed E-state index contributed by atoms with van der Waals surface area (Å²) >= 11 is 0. The molecule has 2 aromatic rings. The topological polar surface area (TPSA) is 58.6 Å². The van der Waals surface area contributed by atoms with E-state index in [4.69, 9.17) is 4.74 Å². The average molecular weight is 420 g/mol. The summed E-state index contributed by atoms with van der Waals surface area (Å²) in [7, 11) is 0. The molecular weight excluding hydrogens is 397 g/mol. The molecule has 0 atom stereocenters. The molecule has 5 nitrogen and oxygen atoms in total. The van der Waals surface area contributed by atoms with Gasteiger partial charge in [0, 0.05) is 32.0 Å². The zero-order valence-electron chi connectivity index (χ0n) is 16.6. The molecule has 160 valence electrons. The molecule has 0 saturated carbocycles. The first kappa shape index (κ1) is 21.7. The standard InChI is InChI=1S/C22H23F3N2O3/c1-15(28)27-9-10-30-20-7-5-16(11-18(20)14-27)6-8-21(29)26-13-17-3-2-4-19(12-17)22(23,24)25/h2-5,7,11-12H,6,8-10,13-14H2,1H3,(H,26,29). The predicted octanol–water partition coefficient (Wildman–Crippen LogP) is 3.70. The highest BCUT2D eigenvalue weighted by Gasteiger charge is 2.30. The van der Waals surface area contributed by atoms with E-state index >= 15 is 0 Å². The Hall–Kier alpha value is -3.03. The van der Waals surface area contributed by atoms with Crippen molar-refractivity contribution in [3.8, 4) is 5.75 Å². The minimum atomic E-state index is -4.41. The molecule has 30 heavy (non-hydrogen) atoms. The first-order valence-corrected chi connectivity index (χ1v) is 9.65. The predicted molar refractivity (Wildman–Crippen MR) is 105 cm³/mol. The van der Waals surface area contributed by atoms with Crippen LogP contribution in [0.1, 0.15) is 35.6 Å². The fourth-order valence-corrected chi connectivity index (χ4v) is 3.28. The molecule has 8 heteroatoms. The number of fused-ring (bicyclic) bond motifs is 1. The first-order chi connectivity index (χ1) is 14.2. The van der Waals surface area contributed by atoms with Gasteiger partial charge in [0.2, 0.25) is 11.8 Å². The third-order valence-corrected chi connectivity index (χ3v) is 4.93. The molecule has 1 N–H and O–H groups in total. The van der Waals surface area contributed by atoms with Crippen molar-refractivity contribution in [1.82, 2.24) is 10.2 Å². The number of nitrogens with one attached hydrogen (secondary N) is 1. The van der Waals surface area contributed by atoms with Crippen LogP contribution in [0.5, 0.6) is 5.75 Å². The van der Waals surface area contributed by atoms with Crippen molar-refractivity contribution < 1.29 is 27.5 Å². The minimum absolute atomic E-state index is 0.0224. The van der Waals surface area contributed by atoms with E-state index in [1.807, 2.05) is 18.2 Å². The molecule has 0 bridgehead atoms. The van der Waals surface area contributed by atoms with Crippen LogP contribution in [0.2, 0.25) is 0 Å². The van der Waals surface area contributed by atoms with Crippen LogP contribution in [0.3, 0.4) is 0 Å². The van der Waals surface area contributed by atoms with Gasteiger partial charge in [0.15, 0.2) is 0 Å². The van der Waals surface area contributed by atoms with Crippen LogP contribution in [0.25, 0.3) is 0 Å². The van der Waals surface area contributed by atoms with Gasteiger partial charge in [-0.05, 0) is 35.7 Å². The smallest absolute Gasteiger partial charge is 0.416 e. The van der Waals surface area contributed by atoms with Gasteiger partial charge in [-0.25, -0.2) is 0 Å². The number of carbonyl (C=O) groups is 2. The van der Waals surface area contributed by atoms with Crippen molar-refractivity contribution >= 4 is 11.8 Å². The quantitative estimate of drug-likeness (QED) is 0.803. The third kappa shape index (κ3) is 5.75. The Bertz CT molecular complexity index is 928. The van der Waals surface area contributed by atoms with E-state index < -0.39 is 11.7 Å². The molecule has 0 spiro atoms. The second-order valence-electron chi connectivity index (χ2n) is 7.21. The van der Waals surface area contributed by atoms with Crippen LogP contribution < -0.4 is 10.1 Å². The molecule has 1 heterocycles. The maximum Gasteiger partial charge on any atom is 0.416 e. The largest absolute Gasteiger partial charge is 0.491 e. The maximum atomic E-state index is 12.8. The van der Waals surface area contributed by atoms with Gasteiger partial charge in [0.25, 0.3) is 0 Å². The number of halogens is 3. The molecule has 0 aliphatic carbocycles. The Morgan fingerprint density at radius 2 is 1.93 bits per heavy atom. The van der Waals surface area contributed by atoms with Gasteiger partial charge in [0.05, 0.1) is 12.1 Å². The van der Waals surface area contributed by atoms with Crippen LogP contribution in [0.15, 0.2) is 42.5 Å². The molecule has 2 amide bonds. The number of amides is 2. The molecule has 0 fully saturated rings. The Kier molecular flexibility index (Phi) is 6.64. The van der Waals surface area contributed by atoms with Crippen LogP contribution >= 0.6 is 0 Å². The Morgan fingerprint density at radius 3 is 2.67 bits per heavy atom. The van der Waals surface area contributed by atoms with Crippen LogP contribution in [0, 0.1) is 0 Å². The number of rotatable bonds is 5. The summed E-state index contributed by atoms with van der Waals surface area (Å²) in [4.78, 5) is 25.5. The Morgan fingerprint density at radius 1 is 1.13 bits per heavy atom. The Labute approximate surface area is 172 Å².